The van der Waals surface area contributed by atoms with Gasteiger partial charge in [0.2, 0.25) is 0 Å². The molecule has 0 N–H and O–H groups in total. The molecule has 0 spiro atoms. The maximum Gasteiger partial charge on any atom is 0.150 e. The second-order valence-corrected chi connectivity index (χ2v) is 4.83. The smallest absolute Gasteiger partial charge is 0.150 e. The van der Waals surface area contributed by atoms with Crippen molar-refractivity contribution < 1.29 is 9.53 Å². The Bertz CT molecular complexity index is 713. The molecule has 2 aromatic carbocycles. The van der Waals surface area contributed by atoms with Crippen molar-refractivity contribution in [3.8, 4) is 5.75 Å². The zero-order valence-electron chi connectivity index (χ0n) is 9.27. The largest absolute Gasteiger partial charge is 0.495 e. The van der Waals surface area contributed by atoms with E-state index in [4.69, 9.17) is 4.74 Å². The number of aldehydes is 1. The quantitative estimate of drug-likeness (QED) is 0.637. The lowest BCUT2D eigenvalue weighted by atomic mass is 10.1. The molecule has 17 heavy (non-hydrogen) atoms. The molecule has 0 radical (unpaired) electrons. The number of carbonyl (C=O) groups is 1. The highest BCUT2D eigenvalue weighted by atomic mass is 32.1. The maximum atomic E-state index is 11.1. The molecule has 1 aromatic heterocycles. The fourth-order valence-corrected chi connectivity index (χ4v) is 3.32. The van der Waals surface area contributed by atoms with E-state index in [1.165, 1.54) is 4.70 Å². The first-order valence-electron chi connectivity index (χ1n) is 5.28. The fourth-order valence-electron chi connectivity index (χ4n) is 2.09. The number of fused-ring (bicyclic) bond motifs is 3. The molecule has 0 aliphatic carbocycles. The van der Waals surface area contributed by atoms with E-state index >= 15 is 0 Å². The van der Waals surface area contributed by atoms with Gasteiger partial charge in [-0.25, -0.2) is 0 Å². The van der Waals surface area contributed by atoms with Crippen LogP contribution < -0.4 is 4.74 Å². The number of carbonyl (C=O) groups excluding carboxylic acids is 1. The van der Waals surface area contributed by atoms with Crippen molar-refractivity contribution in [2.45, 2.75) is 0 Å². The van der Waals surface area contributed by atoms with Gasteiger partial charge in [0, 0.05) is 21.0 Å². The second kappa shape index (κ2) is 3.86. The summed E-state index contributed by atoms with van der Waals surface area (Å²) in [5, 5.41) is 2.12. The average Bonchev–Trinajstić information content (AvgIpc) is 2.77. The first-order valence-corrected chi connectivity index (χ1v) is 6.10. The monoisotopic (exact) mass is 242 g/mol. The van der Waals surface area contributed by atoms with Crippen LogP contribution in [0.1, 0.15) is 10.4 Å². The molecule has 0 unspecified atom stereocenters. The molecule has 0 amide bonds. The van der Waals surface area contributed by atoms with E-state index in [-0.39, 0.29) is 0 Å². The van der Waals surface area contributed by atoms with Crippen molar-refractivity contribution in [3.63, 3.8) is 0 Å². The topological polar surface area (TPSA) is 26.3 Å². The molecule has 0 saturated heterocycles. The number of rotatable bonds is 2. The molecule has 0 fully saturated rings. The van der Waals surface area contributed by atoms with E-state index in [2.05, 4.69) is 6.07 Å². The lowest BCUT2D eigenvalue weighted by molar-refractivity contribution is 0.112. The number of methoxy groups -OCH3 is 1. The Hall–Kier alpha value is -1.87. The number of hydrogen-bond acceptors (Lipinski definition) is 3. The van der Waals surface area contributed by atoms with Crippen molar-refractivity contribution in [2.24, 2.45) is 0 Å². The third kappa shape index (κ3) is 1.43. The molecule has 1 heterocycles. The summed E-state index contributed by atoms with van der Waals surface area (Å²) in [4.78, 5) is 11.1. The number of thiophene rings is 1. The Labute approximate surface area is 102 Å². The summed E-state index contributed by atoms with van der Waals surface area (Å²) in [7, 11) is 1.65. The summed E-state index contributed by atoms with van der Waals surface area (Å²) in [6.45, 7) is 0. The van der Waals surface area contributed by atoms with Crippen LogP contribution >= 0.6 is 11.3 Å². The van der Waals surface area contributed by atoms with Crippen LogP contribution in [0.15, 0.2) is 36.4 Å². The van der Waals surface area contributed by atoms with Gasteiger partial charge in [-0.15, -0.1) is 11.3 Å². The van der Waals surface area contributed by atoms with Gasteiger partial charge in [-0.3, -0.25) is 4.79 Å². The lowest BCUT2D eigenvalue weighted by Crippen LogP contribution is -1.86. The summed E-state index contributed by atoms with van der Waals surface area (Å²) in [6, 6.07) is 11.8. The minimum Gasteiger partial charge on any atom is -0.495 e. The molecule has 0 bridgehead atoms. The molecule has 0 aliphatic rings. The first-order chi connectivity index (χ1) is 8.35. The van der Waals surface area contributed by atoms with Gasteiger partial charge in [0.05, 0.1) is 11.8 Å². The van der Waals surface area contributed by atoms with Crippen molar-refractivity contribution in [2.75, 3.05) is 7.11 Å². The molecule has 3 rings (SSSR count). The predicted octanol–water partition coefficient (Wildman–Crippen LogP) is 3.88. The van der Waals surface area contributed by atoms with E-state index in [9.17, 15) is 4.79 Å². The molecular weight excluding hydrogens is 232 g/mol. The molecule has 0 aliphatic heterocycles. The van der Waals surface area contributed by atoms with Crippen LogP contribution in [0.2, 0.25) is 0 Å². The zero-order valence-corrected chi connectivity index (χ0v) is 10.1. The van der Waals surface area contributed by atoms with E-state index in [0.717, 1.165) is 33.1 Å². The lowest BCUT2D eigenvalue weighted by Gasteiger charge is -2.02. The van der Waals surface area contributed by atoms with Crippen LogP contribution in [0.5, 0.6) is 5.75 Å². The van der Waals surface area contributed by atoms with Gasteiger partial charge in [-0.2, -0.15) is 0 Å². The minimum atomic E-state index is 0.721. The van der Waals surface area contributed by atoms with Gasteiger partial charge >= 0.3 is 0 Å². The van der Waals surface area contributed by atoms with Gasteiger partial charge < -0.3 is 4.74 Å². The Balaban J connectivity index is 2.57. The third-order valence-corrected chi connectivity index (χ3v) is 4.05. The molecule has 3 aromatic rings. The normalized spacial score (nSPS) is 10.9. The minimum absolute atomic E-state index is 0.721. The maximum absolute atomic E-state index is 11.1. The molecule has 0 atom stereocenters. The average molecular weight is 242 g/mol. The summed E-state index contributed by atoms with van der Waals surface area (Å²) < 4.78 is 7.57. The number of benzene rings is 2. The highest BCUT2D eigenvalue weighted by molar-refractivity contribution is 7.26. The van der Waals surface area contributed by atoms with Gasteiger partial charge in [-0.05, 0) is 18.2 Å². The van der Waals surface area contributed by atoms with Gasteiger partial charge in [0.25, 0.3) is 0 Å². The highest BCUT2D eigenvalue weighted by Crippen LogP contribution is 2.40. The third-order valence-electron chi connectivity index (χ3n) is 2.87. The van der Waals surface area contributed by atoms with Gasteiger partial charge in [0.1, 0.15) is 5.75 Å². The molecular formula is C14H10O2S. The van der Waals surface area contributed by atoms with E-state index in [0.29, 0.717) is 0 Å². The number of hydrogen-bond donors (Lipinski definition) is 0. The van der Waals surface area contributed by atoms with Crippen LogP contribution in [0.4, 0.5) is 0 Å². The van der Waals surface area contributed by atoms with Crippen molar-refractivity contribution in [3.05, 3.63) is 42.0 Å². The Kier molecular flexibility index (Phi) is 2.34. The number of ether oxygens (including phenoxy) is 1. The molecule has 2 nitrogen and oxygen atoms in total. The van der Waals surface area contributed by atoms with Gasteiger partial charge in [-0.1, -0.05) is 18.2 Å². The fraction of sp³-hybridized carbons (Fsp3) is 0.0714. The zero-order chi connectivity index (χ0) is 11.8. The molecule has 0 saturated carbocycles. The highest BCUT2D eigenvalue weighted by Gasteiger charge is 2.12. The Morgan fingerprint density at radius 2 is 2.00 bits per heavy atom. The molecule has 3 heteroatoms. The van der Waals surface area contributed by atoms with Crippen molar-refractivity contribution in [1.82, 2.24) is 0 Å². The van der Waals surface area contributed by atoms with Crippen molar-refractivity contribution in [1.29, 1.82) is 0 Å². The van der Waals surface area contributed by atoms with E-state index in [1.807, 2.05) is 30.3 Å². The summed E-state index contributed by atoms with van der Waals surface area (Å²) >= 11 is 1.66. The predicted molar refractivity (Wildman–Crippen MR) is 71.3 cm³/mol. The summed E-state index contributed by atoms with van der Waals surface area (Å²) in [5.41, 5.74) is 0.721. The van der Waals surface area contributed by atoms with E-state index in [1.54, 1.807) is 18.4 Å². The van der Waals surface area contributed by atoms with E-state index < -0.39 is 0 Å². The standard InChI is InChI=1S/C14H10O2S/c1-16-11-7-6-9(8-15)13-10-4-2-3-5-12(10)17-14(11)13/h2-8H,1H3. The van der Waals surface area contributed by atoms with Crippen LogP contribution in [0, 0.1) is 0 Å². The first kappa shape index (κ1) is 10.3. The molecule has 84 valence electrons. The Morgan fingerprint density at radius 1 is 1.18 bits per heavy atom. The van der Waals surface area contributed by atoms with Crippen LogP contribution in [-0.2, 0) is 0 Å². The Morgan fingerprint density at radius 3 is 2.76 bits per heavy atom. The summed E-state index contributed by atoms with van der Waals surface area (Å²) in [6.07, 6.45) is 0.904. The van der Waals surface area contributed by atoms with Crippen LogP contribution in [0.25, 0.3) is 20.2 Å². The van der Waals surface area contributed by atoms with Crippen LogP contribution in [-0.4, -0.2) is 13.4 Å². The van der Waals surface area contributed by atoms with Crippen molar-refractivity contribution >= 4 is 37.8 Å². The summed E-state index contributed by atoms with van der Waals surface area (Å²) in [5.74, 6) is 0.826. The SMILES string of the molecule is COc1ccc(C=O)c2c1sc1ccccc12. The van der Waals surface area contributed by atoms with Crippen LogP contribution in [0.3, 0.4) is 0 Å². The van der Waals surface area contributed by atoms with Gasteiger partial charge in [0.15, 0.2) is 6.29 Å². The second-order valence-electron chi connectivity index (χ2n) is 3.78.